The van der Waals surface area contributed by atoms with Crippen LogP contribution in [-0.4, -0.2) is 12.6 Å². The molecule has 1 rings (SSSR count). The van der Waals surface area contributed by atoms with Crippen molar-refractivity contribution in [2.75, 3.05) is 6.61 Å². The first-order valence-electron chi connectivity index (χ1n) is 6.53. The number of carbonyl (C=O) groups is 1. The van der Waals surface area contributed by atoms with Crippen molar-refractivity contribution >= 4 is 5.97 Å². The van der Waals surface area contributed by atoms with Crippen LogP contribution in [0.25, 0.3) is 0 Å². The van der Waals surface area contributed by atoms with Gasteiger partial charge in [-0.05, 0) is 30.4 Å². The Morgan fingerprint density at radius 3 is 2.39 bits per heavy atom. The molecule has 0 fully saturated rings. The SMILES string of the molecule is CCOC(=O)CC(N)c1ccc(CC(C)C)cc1. The maximum atomic E-state index is 11.3. The van der Waals surface area contributed by atoms with E-state index in [4.69, 9.17) is 10.5 Å². The zero-order valence-electron chi connectivity index (χ0n) is 11.5. The van der Waals surface area contributed by atoms with E-state index in [1.165, 1.54) is 5.56 Å². The van der Waals surface area contributed by atoms with E-state index in [-0.39, 0.29) is 18.4 Å². The highest BCUT2D eigenvalue weighted by Crippen LogP contribution is 2.17. The van der Waals surface area contributed by atoms with Crippen molar-refractivity contribution in [3.8, 4) is 0 Å². The lowest BCUT2D eigenvalue weighted by Gasteiger charge is -2.12. The van der Waals surface area contributed by atoms with Crippen LogP contribution in [0, 0.1) is 5.92 Å². The van der Waals surface area contributed by atoms with E-state index in [9.17, 15) is 4.79 Å². The van der Waals surface area contributed by atoms with Gasteiger partial charge in [-0.25, -0.2) is 0 Å². The number of hydrogen-bond donors (Lipinski definition) is 1. The quantitative estimate of drug-likeness (QED) is 0.789. The van der Waals surface area contributed by atoms with Crippen molar-refractivity contribution in [2.24, 2.45) is 11.7 Å². The van der Waals surface area contributed by atoms with Crippen LogP contribution >= 0.6 is 0 Å². The molecule has 0 amide bonds. The van der Waals surface area contributed by atoms with E-state index >= 15 is 0 Å². The Morgan fingerprint density at radius 2 is 1.89 bits per heavy atom. The second kappa shape index (κ2) is 7.17. The minimum absolute atomic E-state index is 0.233. The molecule has 0 aromatic heterocycles. The Morgan fingerprint density at radius 1 is 1.28 bits per heavy atom. The summed E-state index contributed by atoms with van der Waals surface area (Å²) >= 11 is 0. The number of benzene rings is 1. The van der Waals surface area contributed by atoms with Crippen LogP contribution in [0.1, 0.15) is 44.4 Å². The summed E-state index contributed by atoms with van der Waals surface area (Å²) < 4.78 is 4.89. The summed E-state index contributed by atoms with van der Waals surface area (Å²) in [7, 11) is 0. The first-order valence-corrected chi connectivity index (χ1v) is 6.53. The van der Waals surface area contributed by atoms with Crippen molar-refractivity contribution in [3.05, 3.63) is 35.4 Å². The summed E-state index contributed by atoms with van der Waals surface area (Å²) in [6, 6.07) is 7.89. The van der Waals surface area contributed by atoms with Gasteiger partial charge in [0, 0.05) is 6.04 Å². The standard InChI is InChI=1S/C15H23NO2/c1-4-18-15(17)10-14(16)13-7-5-12(6-8-13)9-11(2)3/h5-8,11,14H,4,9-10,16H2,1-3H3. The van der Waals surface area contributed by atoms with Gasteiger partial charge in [0.1, 0.15) is 0 Å². The van der Waals surface area contributed by atoms with E-state index < -0.39 is 0 Å². The molecular weight excluding hydrogens is 226 g/mol. The Labute approximate surface area is 109 Å². The first kappa shape index (κ1) is 14.7. The molecule has 0 bridgehead atoms. The molecule has 0 aliphatic heterocycles. The summed E-state index contributed by atoms with van der Waals surface area (Å²) in [4.78, 5) is 11.3. The molecule has 18 heavy (non-hydrogen) atoms. The molecule has 1 aromatic carbocycles. The van der Waals surface area contributed by atoms with Gasteiger partial charge < -0.3 is 10.5 Å². The largest absolute Gasteiger partial charge is 0.466 e. The van der Waals surface area contributed by atoms with E-state index in [0.29, 0.717) is 12.5 Å². The van der Waals surface area contributed by atoms with Crippen molar-refractivity contribution in [3.63, 3.8) is 0 Å². The highest BCUT2D eigenvalue weighted by atomic mass is 16.5. The van der Waals surface area contributed by atoms with Crippen LogP contribution in [-0.2, 0) is 16.0 Å². The van der Waals surface area contributed by atoms with Crippen LogP contribution < -0.4 is 5.73 Å². The molecule has 100 valence electrons. The van der Waals surface area contributed by atoms with Gasteiger partial charge in [-0.2, -0.15) is 0 Å². The monoisotopic (exact) mass is 249 g/mol. The molecule has 1 unspecified atom stereocenters. The Hall–Kier alpha value is -1.35. The predicted octanol–water partition coefficient (Wildman–Crippen LogP) is 2.84. The summed E-state index contributed by atoms with van der Waals surface area (Å²) in [5.74, 6) is 0.403. The number of esters is 1. The fraction of sp³-hybridized carbons (Fsp3) is 0.533. The zero-order valence-corrected chi connectivity index (χ0v) is 11.5. The number of ether oxygens (including phenoxy) is 1. The molecule has 0 saturated heterocycles. The maximum Gasteiger partial charge on any atom is 0.307 e. The zero-order chi connectivity index (χ0) is 13.5. The predicted molar refractivity (Wildman–Crippen MR) is 73.2 cm³/mol. The summed E-state index contributed by atoms with van der Waals surface area (Å²) in [5, 5.41) is 0. The smallest absolute Gasteiger partial charge is 0.307 e. The molecule has 3 heteroatoms. The Balaban J connectivity index is 2.58. The lowest BCUT2D eigenvalue weighted by molar-refractivity contribution is -0.143. The second-order valence-electron chi connectivity index (χ2n) is 4.96. The molecule has 0 aliphatic carbocycles. The third kappa shape index (κ3) is 4.88. The van der Waals surface area contributed by atoms with Crippen molar-refractivity contribution in [1.29, 1.82) is 0 Å². The number of rotatable bonds is 6. The lowest BCUT2D eigenvalue weighted by atomic mass is 9.98. The topological polar surface area (TPSA) is 52.3 Å². The van der Waals surface area contributed by atoms with Gasteiger partial charge in [-0.1, -0.05) is 38.1 Å². The minimum atomic E-state index is -0.280. The highest BCUT2D eigenvalue weighted by Gasteiger charge is 2.12. The molecule has 3 nitrogen and oxygen atoms in total. The maximum absolute atomic E-state index is 11.3. The Kier molecular flexibility index (Phi) is 5.86. The second-order valence-corrected chi connectivity index (χ2v) is 4.96. The summed E-state index contributed by atoms with van der Waals surface area (Å²) in [5.41, 5.74) is 8.26. The van der Waals surface area contributed by atoms with Crippen LogP contribution in [0.15, 0.2) is 24.3 Å². The fourth-order valence-electron chi connectivity index (χ4n) is 1.89. The van der Waals surface area contributed by atoms with E-state index in [1.807, 2.05) is 12.1 Å². The van der Waals surface area contributed by atoms with Crippen molar-refractivity contribution in [2.45, 2.75) is 39.7 Å². The normalized spacial score (nSPS) is 12.5. The van der Waals surface area contributed by atoms with Crippen LogP contribution in [0.3, 0.4) is 0 Å². The molecule has 0 radical (unpaired) electrons. The van der Waals surface area contributed by atoms with Crippen LogP contribution in [0.2, 0.25) is 0 Å². The highest BCUT2D eigenvalue weighted by molar-refractivity contribution is 5.70. The Bertz CT molecular complexity index is 371. The molecule has 1 atom stereocenters. The molecule has 1 aromatic rings. The van der Waals surface area contributed by atoms with Gasteiger partial charge in [0.15, 0.2) is 0 Å². The van der Waals surface area contributed by atoms with E-state index in [1.54, 1.807) is 6.92 Å². The third-order valence-electron chi connectivity index (χ3n) is 2.74. The number of hydrogen-bond acceptors (Lipinski definition) is 3. The molecule has 0 heterocycles. The van der Waals surface area contributed by atoms with Crippen molar-refractivity contribution in [1.82, 2.24) is 0 Å². The first-order chi connectivity index (χ1) is 8.52. The number of nitrogens with two attached hydrogens (primary N) is 1. The van der Waals surface area contributed by atoms with Crippen LogP contribution in [0.5, 0.6) is 0 Å². The van der Waals surface area contributed by atoms with E-state index in [2.05, 4.69) is 26.0 Å². The molecule has 0 saturated carbocycles. The molecule has 2 N–H and O–H groups in total. The molecule has 0 aliphatic rings. The van der Waals surface area contributed by atoms with Gasteiger partial charge in [0.25, 0.3) is 0 Å². The third-order valence-corrected chi connectivity index (χ3v) is 2.74. The van der Waals surface area contributed by atoms with Crippen LogP contribution in [0.4, 0.5) is 0 Å². The number of carbonyl (C=O) groups excluding carboxylic acids is 1. The molecular formula is C15H23NO2. The average molecular weight is 249 g/mol. The van der Waals surface area contributed by atoms with Gasteiger partial charge in [-0.15, -0.1) is 0 Å². The fourth-order valence-corrected chi connectivity index (χ4v) is 1.89. The van der Waals surface area contributed by atoms with Gasteiger partial charge >= 0.3 is 5.97 Å². The van der Waals surface area contributed by atoms with Crippen molar-refractivity contribution < 1.29 is 9.53 Å². The lowest BCUT2D eigenvalue weighted by Crippen LogP contribution is -2.17. The van der Waals surface area contributed by atoms with Gasteiger partial charge in [0.2, 0.25) is 0 Å². The minimum Gasteiger partial charge on any atom is -0.466 e. The average Bonchev–Trinajstić information content (AvgIpc) is 2.29. The van der Waals surface area contributed by atoms with E-state index in [0.717, 1.165) is 12.0 Å². The summed E-state index contributed by atoms with van der Waals surface area (Å²) in [6.45, 7) is 6.59. The van der Waals surface area contributed by atoms with Gasteiger partial charge in [0.05, 0.1) is 13.0 Å². The molecule has 0 spiro atoms. The van der Waals surface area contributed by atoms with Gasteiger partial charge in [-0.3, -0.25) is 4.79 Å². The summed E-state index contributed by atoms with van der Waals surface area (Å²) in [6.07, 6.45) is 1.30.